The van der Waals surface area contributed by atoms with E-state index in [0.717, 1.165) is 12.8 Å². The van der Waals surface area contributed by atoms with Crippen LogP contribution in [0.25, 0.3) is 0 Å². The Bertz CT molecular complexity index is 977. The second kappa shape index (κ2) is 13.8. The summed E-state index contributed by atoms with van der Waals surface area (Å²) in [4.78, 5) is 11.1. The van der Waals surface area contributed by atoms with Crippen LogP contribution in [-0.4, -0.2) is 31.3 Å². The zero-order valence-corrected chi connectivity index (χ0v) is 20.2. The van der Waals surface area contributed by atoms with Crippen molar-refractivity contribution in [1.29, 1.82) is 0 Å². The van der Waals surface area contributed by atoms with Crippen LogP contribution in [0.5, 0.6) is 0 Å². The molecule has 1 atom stereocenters. The Morgan fingerprint density at radius 2 is 1.61 bits per heavy atom. The maximum absolute atomic E-state index is 11.1. The molecule has 6 nitrogen and oxygen atoms in total. The first-order chi connectivity index (χ1) is 16.2. The van der Waals surface area contributed by atoms with Crippen molar-refractivity contribution in [3.05, 3.63) is 71.3 Å². The van der Waals surface area contributed by atoms with Crippen molar-refractivity contribution >= 4 is 17.7 Å². The summed E-state index contributed by atoms with van der Waals surface area (Å²) in [7, 11) is 0. The summed E-state index contributed by atoms with van der Waals surface area (Å²) >= 11 is 1.55. The van der Waals surface area contributed by atoms with Crippen molar-refractivity contribution in [2.45, 2.75) is 81.7 Å². The minimum atomic E-state index is -0.947. The number of hydrogen-bond acceptors (Lipinski definition) is 5. The number of carboxylic acids is 1. The predicted octanol–water partition coefficient (Wildman–Crippen LogP) is 6.13. The zero-order valence-electron chi connectivity index (χ0n) is 19.4. The fourth-order valence-electron chi connectivity index (χ4n) is 4.07. The Morgan fingerprint density at radius 3 is 2.33 bits per heavy atom. The van der Waals surface area contributed by atoms with Crippen molar-refractivity contribution in [3.8, 4) is 0 Å². The van der Waals surface area contributed by atoms with Gasteiger partial charge in [0.1, 0.15) is 6.54 Å². The maximum Gasteiger partial charge on any atom is 0.325 e. The second-order valence-electron chi connectivity index (χ2n) is 8.33. The molecular formula is C26H34N4O2S. The van der Waals surface area contributed by atoms with E-state index in [2.05, 4.69) is 77.0 Å². The fourth-order valence-corrected chi connectivity index (χ4v) is 5.16. The van der Waals surface area contributed by atoms with E-state index in [9.17, 15) is 4.79 Å². The molecule has 33 heavy (non-hydrogen) atoms. The number of benzene rings is 2. The molecule has 3 aromatic rings. The summed E-state index contributed by atoms with van der Waals surface area (Å²) in [5.74, 6) is -0.947. The van der Waals surface area contributed by atoms with E-state index >= 15 is 0 Å². The van der Waals surface area contributed by atoms with E-state index in [-0.39, 0.29) is 11.8 Å². The van der Waals surface area contributed by atoms with E-state index in [0.29, 0.717) is 5.16 Å². The Kier molecular flexibility index (Phi) is 10.4. The van der Waals surface area contributed by atoms with Gasteiger partial charge in [-0.05, 0) is 59.2 Å². The number of rotatable bonds is 15. The number of aliphatic carboxylic acids is 1. The molecule has 2 aromatic carbocycles. The van der Waals surface area contributed by atoms with Gasteiger partial charge in [0, 0.05) is 5.25 Å². The third-order valence-electron chi connectivity index (χ3n) is 5.81. The Hall–Kier alpha value is -2.67. The lowest BCUT2D eigenvalue weighted by molar-refractivity contribution is -0.138. The van der Waals surface area contributed by atoms with Crippen LogP contribution in [0.15, 0.2) is 59.8 Å². The lowest BCUT2D eigenvalue weighted by Gasteiger charge is -2.18. The van der Waals surface area contributed by atoms with Crippen LogP contribution >= 0.6 is 11.8 Å². The minimum Gasteiger partial charge on any atom is -0.480 e. The highest BCUT2D eigenvalue weighted by molar-refractivity contribution is 7.99. The summed E-state index contributed by atoms with van der Waals surface area (Å²) in [6, 6.07) is 19.3. The van der Waals surface area contributed by atoms with Gasteiger partial charge in [-0.1, -0.05) is 99.0 Å². The number of carboxylic acid groups (broad SMARTS) is 1. The maximum atomic E-state index is 11.1. The lowest BCUT2D eigenvalue weighted by atomic mass is 9.97. The molecule has 0 saturated carbocycles. The van der Waals surface area contributed by atoms with Gasteiger partial charge in [0.25, 0.3) is 0 Å². The number of tetrazole rings is 1. The predicted molar refractivity (Wildman–Crippen MR) is 132 cm³/mol. The molecule has 1 unspecified atom stereocenters. The van der Waals surface area contributed by atoms with Gasteiger partial charge in [0.2, 0.25) is 5.16 Å². The van der Waals surface area contributed by atoms with Crippen LogP contribution in [-0.2, 0) is 24.2 Å². The highest BCUT2D eigenvalue weighted by Gasteiger charge is 2.19. The van der Waals surface area contributed by atoms with Gasteiger partial charge in [0.05, 0.1) is 0 Å². The van der Waals surface area contributed by atoms with Gasteiger partial charge >= 0.3 is 5.97 Å². The van der Waals surface area contributed by atoms with Gasteiger partial charge in [-0.15, -0.1) is 5.10 Å². The van der Waals surface area contributed by atoms with Gasteiger partial charge in [0.15, 0.2) is 0 Å². The average Bonchev–Trinajstić information content (AvgIpc) is 3.26. The molecule has 0 aliphatic carbocycles. The summed E-state index contributed by atoms with van der Waals surface area (Å²) in [6.07, 6.45) is 10.8. The van der Waals surface area contributed by atoms with Crippen LogP contribution in [0.4, 0.5) is 0 Å². The van der Waals surface area contributed by atoms with Crippen molar-refractivity contribution in [1.82, 2.24) is 20.2 Å². The van der Waals surface area contributed by atoms with E-state index in [1.807, 2.05) is 0 Å². The molecule has 1 N–H and O–H groups in total. The molecule has 0 aliphatic heterocycles. The number of nitrogens with zero attached hydrogens (tertiary/aromatic N) is 4. The van der Waals surface area contributed by atoms with Crippen LogP contribution in [0.1, 0.15) is 73.8 Å². The number of aromatic nitrogens is 4. The SMILES string of the molecule is CCC(Sc1nnnn1CC(=O)O)c1ccccc1CCCCCCCCc1ccccc1. The number of unbranched alkanes of at least 4 members (excludes halogenated alkanes) is 5. The Morgan fingerprint density at radius 1 is 0.939 bits per heavy atom. The molecule has 1 heterocycles. The molecule has 176 valence electrons. The topological polar surface area (TPSA) is 80.9 Å². The number of thioether (sulfide) groups is 1. The third kappa shape index (κ3) is 8.31. The van der Waals surface area contributed by atoms with E-state index < -0.39 is 5.97 Å². The number of hydrogen-bond donors (Lipinski definition) is 1. The molecule has 0 saturated heterocycles. The lowest BCUT2D eigenvalue weighted by Crippen LogP contribution is -2.12. The van der Waals surface area contributed by atoms with Crippen LogP contribution in [0, 0.1) is 0 Å². The molecule has 0 spiro atoms. The molecule has 0 radical (unpaired) electrons. The summed E-state index contributed by atoms with van der Waals surface area (Å²) < 4.78 is 1.36. The van der Waals surface area contributed by atoms with Crippen molar-refractivity contribution in [3.63, 3.8) is 0 Å². The first-order valence-electron chi connectivity index (χ1n) is 11.9. The summed E-state index contributed by atoms with van der Waals surface area (Å²) in [5, 5.41) is 21.4. The summed E-state index contributed by atoms with van der Waals surface area (Å²) in [6.45, 7) is 1.92. The second-order valence-corrected chi connectivity index (χ2v) is 9.50. The Labute approximate surface area is 200 Å². The molecule has 0 amide bonds. The largest absolute Gasteiger partial charge is 0.480 e. The zero-order chi connectivity index (χ0) is 23.3. The number of carbonyl (C=O) groups is 1. The first kappa shape index (κ1) is 25.0. The van der Waals surface area contributed by atoms with Gasteiger partial charge in [-0.2, -0.15) is 0 Å². The molecule has 0 fully saturated rings. The van der Waals surface area contributed by atoms with Gasteiger partial charge < -0.3 is 5.11 Å². The molecule has 3 rings (SSSR count). The van der Waals surface area contributed by atoms with Gasteiger partial charge in [-0.3, -0.25) is 4.79 Å². The standard InChI is InChI=1S/C26H34N4O2S/c1-2-24(33-26-27-28-29-30(26)20-25(31)32)23-19-13-12-18-22(23)17-11-6-4-3-5-8-14-21-15-9-7-10-16-21/h7,9-10,12-13,15-16,18-19,24H,2-6,8,11,14,17,20H2,1H3,(H,31,32). The quantitative estimate of drug-likeness (QED) is 0.214. The van der Waals surface area contributed by atoms with E-state index in [1.165, 1.54) is 66.3 Å². The normalized spacial score (nSPS) is 12.0. The molecular weight excluding hydrogens is 432 g/mol. The monoisotopic (exact) mass is 466 g/mol. The van der Waals surface area contributed by atoms with Crippen LogP contribution < -0.4 is 0 Å². The molecule has 0 aliphatic rings. The number of aryl methyl sites for hydroxylation is 2. The Balaban J connectivity index is 1.44. The summed E-state index contributed by atoms with van der Waals surface area (Å²) in [5.41, 5.74) is 4.12. The van der Waals surface area contributed by atoms with Crippen molar-refractivity contribution in [2.24, 2.45) is 0 Å². The van der Waals surface area contributed by atoms with Crippen molar-refractivity contribution in [2.75, 3.05) is 0 Å². The average molecular weight is 467 g/mol. The van der Waals surface area contributed by atoms with Crippen molar-refractivity contribution < 1.29 is 9.90 Å². The van der Waals surface area contributed by atoms with E-state index in [1.54, 1.807) is 11.8 Å². The third-order valence-corrected chi connectivity index (χ3v) is 7.18. The van der Waals surface area contributed by atoms with E-state index in [4.69, 9.17) is 5.11 Å². The smallest absolute Gasteiger partial charge is 0.325 e. The van der Waals surface area contributed by atoms with Crippen LogP contribution in [0.3, 0.4) is 0 Å². The highest BCUT2D eigenvalue weighted by Crippen LogP contribution is 2.38. The molecule has 0 bridgehead atoms. The minimum absolute atomic E-state index is 0.192. The van der Waals surface area contributed by atoms with Gasteiger partial charge in [-0.25, -0.2) is 4.68 Å². The highest BCUT2D eigenvalue weighted by atomic mass is 32.2. The fraction of sp³-hybridized carbons (Fsp3) is 0.462. The first-order valence-corrected chi connectivity index (χ1v) is 12.8. The van der Waals surface area contributed by atoms with Crippen LogP contribution in [0.2, 0.25) is 0 Å². The molecule has 7 heteroatoms. The molecule has 1 aromatic heterocycles.